The fourth-order valence-electron chi connectivity index (χ4n) is 2.01. The molecule has 1 N–H and O–H groups in total. The van der Waals surface area contributed by atoms with Crippen LogP contribution in [0.3, 0.4) is 0 Å². The van der Waals surface area contributed by atoms with Crippen LogP contribution in [-0.4, -0.2) is 24.0 Å². The second kappa shape index (κ2) is 6.82. The van der Waals surface area contributed by atoms with Gasteiger partial charge in [0.05, 0.1) is 18.4 Å². The van der Waals surface area contributed by atoms with E-state index in [0.29, 0.717) is 6.10 Å². The van der Waals surface area contributed by atoms with Crippen LogP contribution in [0.5, 0.6) is 0 Å². The Kier molecular flexibility index (Phi) is 5.37. The molecule has 1 aromatic rings. The summed E-state index contributed by atoms with van der Waals surface area (Å²) >= 11 is 1.90. The first kappa shape index (κ1) is 14.9. The lowest BCUT2D eigenvalue weighted by Crippen LogP contribution is -2.34. The Morgan fingerprint density at radius 3 is 2.79 bits per heavy atom. The third kappa shape index (κ3) is 5.59. The van der Waals surface area contributed by atoms with Crippen molar-refractivity contribution in [1.29, 1.82) is 0 Å². The highest BCUT2D eigenvalue weighted by Gasteiger charge is 2.15. The van der Waals surface area contributed by atoms with Gasteiger partial charge in [0, 0.05) is 17.9 Å². The number of thioether (sulfide) groups is 1. The second-order valence-corrected chi connectivity index (χ2v) is 7.15. The van der Waals surface area contributed by atoms with Gasteiger partial charge in [-0.05, 0) is 45.7 Å². The lowest BCUT2D eigenvalue weighted by molar-refractivity contribution is 0.129. The molecule has 108 valence electrons. The molecular formula is C15H25NO2S. The Labute approximate surface area is 120 Å². The van der Waals surface area contributed by atoms with Crippen molar-refractivity contribution < 1.29 is 9.15 Å². The van der Waals surface area contributed by atoms with Crippen molar-refractivity contribution in [3.8, 4) is 0 Å². The first-order chi connectivity index (χ1) is 9.03. The molecule has 1 fully saturated rings. The predicted octanol–water partition coefficient (Wildman–Crippen LogP) is 3.58. The van der Waals surface area contributed by atoms with E-state index in [9.17, 15) is 0 Å². The van der Waals surface area contributed by atoms with Gasteiger partial charge in [0.25, 0.3) is 0 Å². The summed E-state index contributed by atoms with van der Waals surface area (Å²) in [6.07, 6.45) is 2.89. The summed E-state index contributed by atoms with van der Waals surface area (Å²) in [4.78, 5) is 0. The Balaban J connectivity index is 1.68. The molecule has 2 heterocycles. The van der Waals surface area contributed by atoms with Crippen molar-refractivity contribution in [2.45, 2.75) is 57.6 Å². The summed E-state index contributed by atoms with van der Waals surface area (Å²) in [5.74, 6) is 4.10. The highest BCUT2D eigenvalue weighted by molar-refractivity contribution is 7.98. The molecule has 19 heavy (non-hydrogen) atoms. The minimum absolute atomic E-state index is 0.127. The van der Waals surface area contributed by atoms with Gasteiger partial charge < -0.3 is 14.5 Å². The van der Waals surface area contributed by atoms with Crippen molar-refractivity contribution in [3.05, 3.63) is 23.7 Å². The maximum absolute atomic E-state index is 5.82. The van der Waals surface area contributed by atoms with E-state index >= 15 is 0 Å². The average Bonchev–Trinajstić information content (AvgIpc) is 2.97. The predicted molar refractivity (Wildman–Crippen MR) is 80.4 cm³/mol. The molecule has 0 radical (unpaired) electrons. The van der Waals surface area contributed by atoms with Crippen LogP contribution in [0, 0.1) is 0 Å². The molecule has 0 spiro atoms. The second-order valence-electron chi connectivity index (χ2n) is 6.12. The largest absolute Gasteiger partial charge is 0.464 e. The monoisotopic (exact) mass is 283 g/mol. The molecule has 2 rings (SSSR count). The zero-order valence-electron chi connectivity index (χ0n) is 12.2. The smallest absolute Gasteiger partial charge is 0.118 e. The summed E-state index contributed by atoms with van der Waals surface area (Å²) in [7, 11) is 0. The van der Waals surface area contributed by atoms with E-state index in [4.69, 9.17) is 9.15 Å². The van der Waals surface area contributed by atoms with E-state index in [1.54, 1.807) is 0 Å². The van der Waals surface area contributed by atoms with Gasteiger partial charge in [0.2, 0.25) is 0 Å². The summed E-state index contributed by atoms with van der Waals surface area (Å²) in [5, 5.41) is 3.43. The molecule has 0 bridgehead atoms. The molecule has 1 unspecified atom stereocenters. The lowest BCUT2D eigenvalue weighted by atomic mass is 10.1. The number of hydrogen-bond donors (Lipinski definition) is 1. The first-order valence-electron chi connectivity index (χ1n) is 7.05. The summed E-state index contributed by atoms with van der Waals surface area (Å²) in [6, 6.07) is 4.16. The van der Waals surface area contributed by atoms with Crippen LogP contribution in [0.1, 0.15) is 45.1 Å². The zero-order valence-corrected chi connectivity index (χ0v) is 13.0. The Morgan fingerprint density at radius 2 is 2.11 bits per heavy atom. The van der Waals surface area contributed by atoms with Crippen LogP contribution in [0.4, 0.5) is 0 Å². The topological polar surface area (TPSA) is 34.4 Å². The Hall–Kier alpha value is -0.450. The van der Waals surface area contributed by atoms with E-state index in [1.807, 2.05) is 11.8 Å². The number of nitrogens with one attached hydrogen (secondary N) is 1. The standard InChI is InChI=1S/C15H25NO2S/c1-15(2,3)16-9-12-6-7-14(18-12)11-19-10-13-5-4-8-17-13/h6-7,13,16H,4-5,8-11H2,1-3H3. The average molecular weight is 283 g/mol. The number of rotatable bonds is 6. The molecule has 1 aliphatic rings. The SMILES string of the molecule is CC(C)(C)NCc1ccc(CSCC2CCCO2)o1. The van der Waals surface area contributed by atoms with Crippen molar-refractivity contribution in [1.82, 2.24) is 5.32 Å². The van der Waals surface area contributed by atoms with Crippen LogP contribution in [0.25, 0.3) is 0 Å². The molecule has 1 aromatic heterocycles. The number of hydrogen-bond acceptors (Lipinski definition) is 4. The van der Waals surface area contributed by atoms with E-state index in [1.165, 1.54) is 12.8 Å². The maximum Gasteiger partial charge on any atom is 0.118 e. The normalized spacial score (nSPS) is 20.1. The van der Waals surface area contributed by atoms with Crippen LogP contribution in [-0.2, 0) is 17.0 Å². The quantitative estimate of drug-likeness (QED) is 0.865. The fourth-order valence-corrected chi connectivity index (χ4v) is 3.01. The van der Waals surface area contributed by atoms with Crippen molar-refractivity contribution in [3.63, 3.8) is 0 Å². The maximum atomic E-state index is 5.82. The van der Waals surface area contributed by atoms with E-state index < -0.39 is 0 Å². The molecule has 3 nitrogen and oxygen atoms in total. The van der Waals surface area contributed by atoms with Crippen LogP contribution >= 0.6 is 11.8 Å². The molecule has 0 aromatic carbocycles. The minimum atomic E-state index is 0.127. The highest BCUT2D eigenvalue weighted by Crippen LogP contribution is 2.21. The molecule has 4 heteroatoms. The summed E-state index contributed by atoms with van der Waals surface area (Å²) in [6.45, 7) is 8.21. The van der Waals surface area contributed by atoms with Crippen LogP contribution < -0.4 is 5.32 Å². The molecule has 1 aliphatic heterocycles. The van der Waals surface area contributed by atoms with Gasteiger partial charge in [-0.25, -0.2) is 0 Å². The third-order valence-corrected chi connectivity index (χ3v) is 4.18. The van der Waals surface area contributed by atoms with Crippen LogP contribution in [0.15, 0.2) is 16.5 Å². The molecule has 1 atom stereocenters. The van der Waals surface area contributed by atoms with Gasteiger partial charge in [-0.15, -0.1) is 0 Å². The van der Waals surface area contributed by atoms with Crippen molar-refractivity contribution in [2.75, 3.05) is 12.4 Å². The summed E-state index contributed by atoms with van der Waals surface area (Å²) in [5.41, 5.74) is 0.127. The lowest BCUT2D eigenvalue weighted by Gasteiger charge is -2.19. The highest BCUT2D eigenvalue weighted by atomic mass is 32.2. The Morgan fingerprint density at radius 1 is 1.32 bits per heavy atom. The van der Waals surface area contributed by atoms with E-state index in [0.717, 1.165) is 36.2 Å². The molecular weight excluding hydrogens is 258 g/mol. The number of furan rings is 1. The van der Waals surface area contributed by atoms with Crippen molar-refractivity contribution in [2.24, 2.45) is 0 Å². The minimum Gasteiger partial charge on any atom is -0.464 e. The van der Waals surface area contributed by atoms with Crippen LogP contribution in [0.2, 0.25) is 0 Å². The third-order valence-electron chi connectivity index (χ3n) is 3.08. The van der Waals surface area contributed by atoms with Gasteiger partial charge >= 0.3 is 0 Å². The fraction of sp³-hybridized carbons (Fsp3) is 0.733. The van der Waals surface area contributed by atoms with Crippen molar-refractivity contribution >= 4 is 11.8 Å². The van der Waals surface area contributed by atoms with Gasteiger partial charge in [-0.3, -0.25) is 0 Å². The van der Waals surface area contributed by atoms with E-state index in [-0.39, 0.29) is 5.54 Å². The van der Waals surface area contributed by atoms with Gasteiger partial charge in [-0.2, -0.15) is 11.8 Å². The number of ether oxygens (including phenoxy) is 1. The van der Waals surface area contributed by atoms with E-state index in [2.05, 4.69) is 38.2 Å². The first-order valence-corrected chi connectivity index (χ1v) is 8.20. The summed E-state index contributed by atoms with van der Waals surface area (Å²) < 4.78 is 11.4. The molecule has 0 aliphatic carbocycles. The zero-order chi connectivity index (χ0) is 13.7. The molecule has 0 amide bonds. The van der Waals surface area contributed by atoms with Gasteiger partial charge in [0.15, 0.2) is 0 Å². The Bertz CT molecular complexity index is 378. The van der Waals surface area contributed by atoms with Gasteiger partial charge in [0.1, 0.15) is 11.5 Å². The van der Waals surface area contributed by atoms with Gasteiger partial charge in [-0.1, -0.05) is 0 Å². The molecule has 1 saturated heterocycles. The molecule has 0 saturated carbocycles.